The molecular weight excluding hydrogens is 398 g/mol. The van der Waals surface area contributed by atoms with Crippen LogP contribution in [0.3, 0.4) is 0 Å². The molecule has 0 spiro atoms. The van der Waals surface area contributed by atoms with Gasteiger partial charge in [-0.2, -0.15) is 0 Å². The molecule has 0 rings (SSSR count). The van der Waals surface area contributed by atoms with Crippen LogP contribution in [0.5, 0.6) is 0 Å². The second-order valence-corrected chi connectivity index (χ2v) is 9.40. The average molecular weight is 454 g/mol. The third kappa shape index (κ3) is 20.8. The Morgan fingerprint density at radius 3 is 1.41 bits per heavy atom. The molecular formula is C28H55NO3. The van der Waals surface area contributed by atoms with Crippen molar-refractivity contribution in [3.63, 3.8) is 0 Å². The van der Waals surface area contributed by atoms with Crippen molar-refractivity contribution in [2.75, 3.05) is 19.7 Å². The van der Waals surface area contributed by atoms with Gasteiger partial charge in [0.25, 0.3) is 0 Å². The number of hydrogen-bond acceptors (Lipinski definition) is 3. The van der Waals surface area contributed by atoms with E-state index in [1.165, 1.54) is 89.9 Å². The van der Waals surface area contributed by atoms with Crippen LogP contribution < -0.4 is 0 Å². The molecule has 1 amide bonds. The molecule has 0 bridgehead atoms. The molecule has 0 unspecified atom stereocenters. The molecule has 0 N–H and O–H groups in total. The first kappa shape index (κ1) is 30.9. The fraction of sp³-hybridized carbons (Fsp3) is 0.929. The summed E-state index contributed by atoms with van der Waals surface area (Å²) in [5.41, 5.74) is 0. The number of carbonyl (C=O) groups is 2. The van der Waals surface area contributed by atoms with E-state index in [0.29, 0.717) is 13.0 Å². The van der Waals surface area contributed by atoms with Gasteiger partial charge in [0.1, 0.15) is 0 Å². The summed E-state index contributed by atoms with van der Waals surface area (Å²) in [4.78, 5) is 26.8. The maximum atomic E-state index is 12.7. The van der Waals surface area contributed by atoms with Crippen LogP contribution in [-0.4, -0.2) is 36.5 Å². The summed E-state index contributed by atoms with van der Waals surface area (Å²) in [6, 6.07) is 0. The second kappa shape index (κ2) is 24.6. The zero-order valence-electron chi connectivity index (χ0n) is 21.9. The lowest BCUT2D eigenvalue weighted by Gasteiger charge is -2.23. The number of nitrogens with zero attached hydrogens (tertiary/aromatic N) is 1. The van der Waals surface area contributed by atoms with Crippen LogP contribution in [0.2, 0.25) is 0 Å². The molecule has 190 valence electrons. The Kier molecular flexibility index (Phi) is 23.8. The number of carbonyl (C=O) groups excluding carboxylic acids is 2. The minimum atomic E-state index is -0.216. The standard InChI is InChI=1S/C28H55NO3/c1-4-7-10-13-14-15-18-21-26-32-28(31)23-22-27(30)29(24-19-16-11-8-5-2)25-20-17-12-9-6-3/h4-26H2,1-3H3. The maximum Gasteiger partial charge on any atom is 0.306 e. The summed E-state index contributed by atoms with van der Waals surface area (Å²) in [5.74, 6) is -0.0906. The largest absolute Gasteiger partial charge is 0.466 e. The minimum Gasteiger partial charge on any atom is -0.466 e. The normalized spacial score (nSPS) is 11.0. The molecule has 0 fully saturated rings. The van der Waals surface area contributed by atoms with Crippen LogP contribution in [0.15, 0.2) is 0 Å². The van der Waals surface area contributed by atoms with Gasteiger partial charge in [-0.1, -0.05) is 117 Å². The second-order valence-electron chi connectivity index (χ2n) is 9.40. The van der Waals surface area contributed by atoms with E-state index in [2.05, 4.69) is 20.8 Å². The summed E-state index contributed by atoms with van der Waals surface area (Å²) < 4.78 is 5.36. The van der Waals surface area contributed by atoms with Crippen LogP contribution in [0.4, 0.5) is 0 Å². The monoisotopic (exact) mass is 453 g/mol. The number of unbranched alkanes of at least 4 members (excludes halogenated alkanes) is 15. The first-order valence-electron chi connectivity index (χ1n) is 14.1. The zero-order valence-corrected chi connectivity index (χ0v) is 21.9. The van der Waals surface area contributed by atoms with Gasteiger partial charge in [-0.15, -0.1) is 0 Å². The highest BCUT2D eigenvalue weighted by Gasteiger charge is 2.15. The van der Waals surface area contributed by atoms with E-state index in [1.54, 1.807) is 0 Å². The van der Waals surface area contributed by atoms with Crippen LogP contribution in [0.1, 0.15) is 149 Å². The van der Waals surface area contributed by atoms with E-state index in [4.69, 9.17) is 4.74 Å². The number of rotatable bonds is 24. The maximum absolute atomic E-state index is 12.7. The van der Waals surface area contributed by atoms with Gasteiger partial charge in [-0.05, 0) is 19.3 Å². The molecule has 0 atom stereocenters. The van der Waals surface area contributed by atoms with Crippen molar-refractivity contribution in [1.29, 1.82) is 0 Å². The molecule has 0 radical (unpaired) electrons. The Morgan fingerprint density at radius 2 is 0.938 bits per heavy atom. The molecule has 4 heteroatoms. The van der Waals surface area contributed by atoms with Crippen LogP contribution in [0, 0.1) is 0 Å². The van der Waals surface area contributed by atoms with Gasteiger partial charge in [-0.3, -0.25) is 9.59 Å². The molecule has 0 saturated carbocycles. The number of amides is 1. The summed E-state index contributed by atoms with van der Waals surface area (Å²) in [6.45, 7) is 8.86. The van der Waals surface area contributed by atoms with E-state index < -0.39 is 0 Å². The van der Waals surface area contributed by atoms with Crippen molar-refractivity contribution in [2.45, 2.75) is 149 Å². The Balaban J connectivity index is 4.01. The van der Waals surface area contributed by atoms with E-state index in [0.717, 1.165) is 38.8 Å². The predicted molar refractivity (Wildman–Crippen MR) is 137 cm³/mol. The molecule has 0 aliphatic carbocycles. The zero-order chi connectivity index (χ0) is 23.7. The van der Waals surface area contributed by atoms with Gasteiger partial charge < -0.3 is 9.64 Å². The van der Waals surface area contributed by atoms with Gasteiger partial charge in [0, 0.05) is 19.5 Å². The van der Waals surface area contributed by atoms with E-state index in [9.17, 15) is 9.59 Å². The SMILES string of the molecule is CCCCCCCCCCOC(=O)CCC(=O)N(CCCCCCC)CCCCCCC. The molecule has 4 nitrogen and oxygen atoms in total. The van der Waals surface area contributed by atoms with Crippen molar-refractivity contribution < 1.29 is 14.3 Å². The third-order valence-electron chi connectivity index (χ3n) is 6.22. The lowest BCUT2D eigenvalue weighted by atomic mass is 10.1. The fourth-order valence-corrected chi connectivity index (χ4v) is 4.03. The first-order chi connectivity index (χ1) is 15.7. The summed E-state index contributed by atoms with van der Waals surface area (Å²) in [5, 5.41) is 0. The highest BCUT2D eigenvalue weighted by Crippen LogP contribution is 2.11. The van der Waals surface area contributed by atoms with Gasteiger partial charge in [-0.25, -0.2) is 0 Å². The Bertz CT molecular complexity index is 411. The van der Waals surface area contributed by atoms with E-state index in [-0.39, 0.29) is 18.3 Å². The van der Waals surface area contributed by atoms with Gasteiger partial charge in [0.15, 0.2) is 0 Å². The smallest absolute Gasteiger partial charge is 0.306 e. The van der Waals surface area contributed by atoms with Crippen molar-refractivity contribution >= 4 is 11.9 Å². The highest BCUT2D eigenvalue weighted by atomic mass is 16.5. The number of hydrogen-bond donors (Lipinski definition) is 0. The molecule has 0 aromatic carbocycles. The predicted octanol–water partition coefficient (Wildman–Crippen LogP) is 8.22. The average Bonchev–Trinajstić information content (AvgIpc) is 2.79. The summed E-state index contributed by atoms with van der Waals surface area (Å²) in [7, 11) is 0. The topological polar surface area (TPSA) is 46.6 Å². The molecule has 0 aromatic rings. The third-order valence-corrected chi connectivity index (χ3v) is 6.22. The fourth-order valence-electron chi connectivity index (χ4n) is 4.03. The quantitative estimate of drug-likeness (QED) is 0.109. The highest BCUT2D eigenvalue weighted by molar-refractivity contribution is 5.81. The Labute approximate surface area is 200 Å². The van der Waals surface area contributed by atoms with Crippen LogP contribution in [0.25, 0.3) is 0 Å². The Hall–Kier alpha value is -1.06. The summed E-state index contributed by atoms with van der Waals surface area (Å²) in [6.07, 6.45) is 22.4. The van der Waals surface area contributed by atoms with Gasteiger partial charge >= 0.3 is 5.97 Å². The molecule has 0 heterocycles. The Morgan fingerprint density at radius 1 is 0.531 bits per heavy atom. The lowest BCUT2D eigenvalue weighted by molar-refractivity contribution is -0.146. The molecule has 32 heavy (non-hydrogen) atoms. The lowest BCUT2D eigenvalue weighted by Crippen LogP contribution is -2.33. The van der Waals surface area contributed by atoms with Gasteiger partial charge in [0.2, 0.25) is 5.91 Å². The number of esters is 1. The van der Waals surface area contributed by atoms with Crippen molar-refractivity contribution in [1.82, 2.24) is 4.90 Å². The minimum absolute atomic E-state index is 0.125. The van der Waals surface area contributed by atoms with Crippen molar-refractivity contribution in [3.8, 4) is 0 Å². The van der Waals surface area contributed by atoms with E-state index >= 15 is 0 Å². The molecule has 0 aliphatic rings. The first-order valence-corrected chi connectivity index (χ1v) is 14.1. The van der Waals surface area contributed by atoms with Crippen LogP contribution in [-0.2, 0) is 14.3 Å². The summed E-state index contributed by atoms with van der Waals surface area (Å²) >= 11 is 0. The molecule has 0 aromatic heterocycles. The van der Waals surface area contributed by atoms with E-state index in [1.807, 2.05) is 4.90 Å². The van der Waals surface area contributed by atoms with Crippen molar-refractivity contribution in [2.24, 2.45) is 0 Å². The van der Waals surface area contributed by atoms with Crippen LogP contribution >= 0.6 is 0 Å². The van der Waals surface area contributed by atoms with Gasteiger partial charge in [0.05, 0.1) is 13.0 Å². The molecule has 0 saturated heterocycles. The van der Waals surface area contributed by atoms with Crippen molar-refractivity contribution in [3.05, 3.63) is 0 Å². The molecule has 0 aliphatic heterocycles. The number of ether oxygens (including phenoxy) is 1.